The number of pyridine rings is 3. The summed E-state index contributed by atoms with van der Waals surface area (Å²) in [5.41, 5.74) is 13.7. The summed E-state index contributed by atoms with van der Waals surface area (Å²) in [7, 11) is 4.53. The Hall–Kier alpha value is -6.28. The number of allylic oxidation sites excluding steroid dienone is 3. The molecule has 17 aliphatic rings. The molecule has 0 amide bonds. The Labute approximate surface area is 645 Å². The van der Waals surface area contributed by atoms with E-state index in [9.17, 15) is 4.79 Å². The van der Waals surface area contributed by atoms with Crippen LogP contribution >= 0.6 is 0 Å². The van der Waals surface area contributed by atoms with E-state index in [1.165, 1.54) is 228 Å². The van der Waals surface area contributed by atoms with E-state index in [1.807, 2.05) is 37.2 Å². The van der Waals surface area contributed by atoms with Gasteiger partial charge in [-0.15, -0.1) is 0 Å². The lowest BCUT2D eigenvalue weighted by Gasteiger charge is -2.55. The second-order valence-electron chi connectivity index (χ2n) is 37.8. The molecule has 6 saturated carbocycles. The first kappa shape index (κ1) is 73.2. The Bertz CT molecular complexity index is 4540. The van der Waals surface area contributed by atoms with Crippen LogP contribution in [-0.4, -0.2) is 152 Å². The SMILES string of the molecule is C.C.C.CN1CCN([C@@H]2CCC3=CC4=CC[C@]5(C)[C@@H](c6ccc7ccncc7c6)CC[C@H]5C45CC[C@]3(C2)O5)CC1.CN1CCN([C@H]2CCC3=CC4=CC[C@]5(C)[C@@H](c6ccc7ccncc7c6)CC[C@H]5C45CC[C@]3(C2)O5)CC1.C[C@]12CC=C3C=C4CCC(=O)C[C@]45CCC3(O5)[C@@H]1CC[C@@H]2c1ccc2ccncc2c1. The summed E-state index contributed by atoms with van der Waals surface area (Å²) in [6.45, 7) is 17.4. The lowest BCUT2D eigenvalue weighted by atomic mass is 9.58. The fourth-order valence-electron chi connectivity index (χ4n) is 27.6. The maximum atomic E-state index is 12.4. The van der Waals surface area contributed by atoms with Crippen LogP contribution in [0, 0.1) is 34.0 Å². The molecule has 0 radical (unpaired) electrons. The predicted molar refractivity (Wildman–Crippen MR) is 438 cm³/mol. The quantitative estimate of drug-likeness (QED) is 0.165. The van der Waals surface area contributed by atoms with Crippen molar-refractivity contribution in [2.45, 2.75) is 261 Å². The van der Waals surface area contributed by atoms with Crippen LogP contribution < -0.4 is 0 Å². The van der Waals surface area contributed by atoms with Crippen LogP contribution in [0.4, 0.5) is 0 Å². The molecule has 6 spiro atoms. The molecule has 8 aliphatic heterocycles. The van der Waals surface area contributed by atoms with Crippen molar-refractivity contribution in [3.8, 4) is 0 Å². The first-order chi connectivity index (χ1) is 51.0. The highest BCUT2D eigenvalue weighted by molar-refractivity contribution is 5.85. The molecule has 11 fully saturated rings. The van der Waals surface area contributed by atoms with Crippen LogP contribution in [-0.2, 0) is 19.0 Å². The van der Waals surface area contributed by atoms with Gasteiger partial charge in [-0.3, -0.25) is 29.5 Å². The summed E-state index contributed by atoms with van der Waals surface area (Å²) < 4.78 is 22.3. The largest absolute Gasteiger partial charge is 0.359 e. The molecule has 11 heteroatoms. The van der Waals surface area contributed by atoms with Crippen molar-refractivity contribution in [2.24, 2.45) is 34.0 Å². The standard InChI is InChI=1S/2C33H41N3O.C28H29NO2.3CH4/c2*1-31-11-9-27-20-26-5-6-28(36-17-15-35(2)16-18-36)21-32(26)12-13-33(27,37-32)30(31)8-7-29(31)24-4-3-23-10-14-34-22-25(23)19-24;1-26-10-8-22-15-21-4-5-23(30)16-27(21)11-12-28(22,31-27)25(26)7-6-24(26)19-3-2-18-9-13-29-17-20(18)14-19;;;/h2*3-4,9-10,14,19-20,22,28-30H,5-8,11-13,15-18,21H2,1-2H3;2-3,8-9,13-15,17,24-25H,4-7,10-12,16H2,1H3;3*1H4/t28-,29+,30+,31+,32+,33?;28-,29-,30-,31-,32-,33?;24-,25-,26-,27-,28?;;;/m011.../s1. The topological polar surface area (TPSA) is 96.4 Å². The van der Waals surface area contributed by atoms with Gasteiger partial charge in [0, 0.05) is 131 Å². The minimum absolute atomic E-state index is 0. The molecule has 11 heterocycles. The molecule has 3 aromatic carbocycles. The van der Waals surface area contributed by atoms with Crippen molar-refractivity contribution >= 4 is 38.1 Å². The fraction of sp³-hybridized carbons (Fsp3) is 0.588. The molecule has 3 unspecified atom stereocenters. The van der Waals surface area contributed by atoms with E-state index in [2.05, 4.69) is 179 Å². The molecule has 570 valence electrons. The van der Waals surface area contributed by atoms with Crippen molar-refractivity contribution in [3.05, 3.63) is 197 Å². The van der Waals surface area contributed by atoms with Gasteiger partial charge in [0.05, 0.1) is 33.6 Å². The maximum absolute atomic E-state index is 12.4. The minimum atomic E-state index is -0.294. The first-order valence-electron chi connectivity index (χ1n) is 41.7. The van der Waals surface area contributed by atoms with Crippen molar-refractivity contribution in [1.29, 1.82) is 0 Å². The van der Waals surface area contributed by atoms with Gasteiger partial charge in [0.2, 0.25) is 0 Å². The zero-order valence-electron chi connectivity index (χ0n) is 63.4. The number of Topliss-reactive ketones (excluding diaryl/α,β-unsaturated/α-hetero) is 1. The van der Waals surface area contributed by atoms with Gasteiger partial charge >= 0.3 is 0 Å². The summed E-state index contributed by atoms with van der Waals surface area (Å²) in [4.78, 5) is 36.0. The van der Waals surface area contributed by atoms with E-state index in [0.717, 1.165) is 25.7 Å². The highest BCUT2D eigenvalue weighted by Crippen LogP contribution is 2.73. The molecule has 23 rings (SSSR count). The third-order valence-electron chi connectivity index (χ3n) is 33.1. The number of hydrogen-bond acceptors (Lipinski definition) is 11. The van der Waals surface area contributed by atoms with Gasteiger partial charge in [-0.05, 0) is 310 Å². The number of ketones is 1. The molecule has 6 aromatic rings. The fourth-order valence-corrected chi connectivity index (χ4v) is 27.6. The van der Waals surface area contributed by atoms with Gasteiger partial charge in [0.25, 0.3) is 0 Å². The van der Waals surface area contributed by atoms with Gasteiger partial charge in [0.15, 0.2) is 0 Å². The number of fused-ring (bicyclic) bond motifs is 6. The molecule has 11 nitrogen and oxygen atoms in total. The number of likely N-dealkylation sites (N-methyl/N-ethyl adjacent to an activating group) is 2. The third-order valence-corrected chi connectivity index (χ3v) is 33.1. The van der Waals surface area contributed by atoms with Gasteiger partial charge in [0.1, 0.15) is 5.78 Å². The second kappa shape index (κ2) is 26.7. The smallest absolute Gasteiger partial charge is 0.136 e. The molecule has 0 N–H and O–H groups in total. The average molecular weight is 1450 g/mol. The Balaban J connectivity index is 0.000000113. The molecular weight excluding hydrogens is 1330 g/mol. The number of aromatic nitrogens is 3. The lowest BCUT2D eigenvalue weighted by Crippen LogP contribution is -2.57. The highest BCUT2D eigenvalue weighted by atomic mass is 16.5. The number of hydrogen-bond donors (Lipinski definition) is 0. The van der Waals surface area contributed by atoms with Gasteiger partial charge < -0.3 is 24.0 Å². The van der Waals surface area contributed by atoms with Crippen LogP contribution in [0.5, 0.6) is 0 Å². The zero-order valence-corrected chi connectivity index (χ0v) is 63.4. The van der Waals surface area contributed by atoms with E-state index in [0.29, 0.717) is 66.2 Å². The van der Waals surface area contributed by atoms with E-state index < -0.39 is 0 Å². The van der Waals surface area contributed by atoms with Crippen molar-refractivity contribution < 1.29 is 19.0 Å². The summed E-state index contributed by atoms with van der Waals surface area (Å²) in [6.07, 6.45) is 54.8. The van der Waals surface area contributed by atoms with E-state index in [-0.39, 0.29) is 72.1 Å². The Morgan fingerprint density at radius 1 is 0.389 bits per heavy atom. The Morgan fingerprint density at radius 2 is 0.741 bits per heavy atom. The molecule has 17 atom stereocenters. The first-order valence-corrected chi connectivity index (χ1v) is 41.7. The number of ether oxygens (including phenoxy) is 3. The summed E-state index contributed by atoms with van der Waals surface area (Å²) in [6, 6.07) is 29.0. The number of benzene rings is 3. The number of carbonyl (C=O) groups is 1. The third kappa shape index (κ3) is 11.0. The van der Waals surface area contributed by atoms with Gasteiger partial charge in [-0.1, -0.05) is 116 Å². The minimum Gasteiger partial charge on any atom is -0.359 e. The normalized spacial score (nSPS) is 40.2. The van der Waals surface area contributed by atoms with Gasteiger partial charge in [-0.2, -0.15) is 0 Å². The Kier molecular flexibility index (Phi) is 18.1. The van der Waals surface area contributed by atoms with E-state index in [1.54, 1.807) is 22.3 Å². The molecule has 108 heavy (non-hydrogen) atoms. The molecule has 6 bridgehead atoms. The molecular formula is C97H123N7O4. The highest BCUT2D eigenvalue weighted by Gasteiger charge is 2.70. The van der Waals surface area contributed by atoms with Gasteiger partial charge in [-0.25, -0.2) is 0 Å². The van der Waals surface area contributed by atoms with E-state index in [4.69, 9.17) is 14.2 Å². The number of rotatable bonds is 5. The summed E-state index contributed by atoms with van der Waals surface area (Å²) in [5, 5.41) is 7.63. The van der Waals surface area contributed by atoms with E-state index >= 15 is 0 Å². The molecule has 9 aliphatic carbocycles. The summed E-state index contributed by atoms with van der Waals surface area (Å²) >= 11 is 0. The molecule has 3 aromatic heterocycles. The monoisotopic (exact) mass is 1450 g/mol. The zero-order chi connectivity index (χ0) is 70.5. The average Bonchev–Trinajstić information content (AvgIpc) is 1.50. The van der Waals surface area contributed by atoms with Crippen molar-refractivity contribution in [2.75, 3.05) is 66.5 Å². The number of carbonyl (C=O) groups excluding carboxylic acids is 1. The number of nitrogens with zero attached hydrogens (tertiary/aromatic N) is 7. The van der Waals surface area contributed by atoms with Crippen LogP contribution in [0.25, 0.3) is 32.3 Å². The van der Waals surface area contributed by atoms with Crippen LogP contribution in [0.15, 0.2) is 180 Å². The predicted octanol–water partition coefficient (Wildman–Crippen LogP) is 20.1. The second-order valence-corrected chi connectivity index (χ2v) is 37.8. The van der Waals surface area contributed by atoms with Crippen molar-refractivity contribution in [3.63, 3.8) is 0 Å². The molecule has 5 saturated heterocycles. The lowest BCUT2D eigenvalue weighted by molar-refractivity contribution is -0.146. The Morgan fingerprint density at radius 3 is 1.12 bits per heavy atom. The number of piperazine rings is 2. The van der Waals surface area contributed by atoms with Crippen LogP contribution in [0.2, 0.25) is 0 Å². The van der Waals surface area contributed by atoms with Crippen molar-refractivity contribution in [1.82, 2.24) is 34.6 Å². The maximum Gasteiger partial charge on any atom is 0.136 e. The van der Waals surface area contributed by atoms with Crippen LogP contribution in [0.3, 0.4) is 0 Å². The van der Waals surface area contributed by atoms with Crippen LogP contribution in [0.1, 0.15) is 232 Å². The summed E-state index contributed by atoms with van der Waals surface area (Å²) in [5.74, 6) is 3.82.